The van der Waals surface area contributed by atoms with Gasteiger partial charge >= 0.3 is 0 Å². The Kier molecular flexibility index (Phi) is 4.57. The highest BCUT2D eigenvalue weighted by Crippen LogP contribution is 2.15. The predicted octanol–water partition coefficient (Wildman–Crippen LogP) is 1.63. The van der Waals surface area contributed by atoms with Crippen LogP contribution in [0.1, 0.15) is 30.9 Å². The Morgan fingerprint density at radius 3 is 2.79 bits per heavy atom. The maximum absolute atomic E-state index is 12.9. The number of pyridine rings is 1. The van der Waals surface area contributed by atoms with Crippen LogP contribution in [-0.2, 0) is 13.5 Å². The van der Waals surface area contributed by atoms with Crippen molar-refractivity contribution in [2.24, 2.45) is 7.05 Å². The lowest BCUT2D eigenvalue weighted by Crippen LogP contribution is -2.26. The molecule has 1 N–H and O–H groups in total. The molecule has 0 fully saturated rings. The Morgan fingerprint density at radius 1 is 1.37 bits per heavy atom. The summed E-state index contributed by atoms with van der Waals surface area (Å²) in [5.41, 5.74) is 0.817. The third kappa shape index (κ3) is 3.57. The fraction of sp³-hybridized carbons (Fsp3) is 0.462. The predicted molar refractivity (Wildman–Crippen MR) is 69.9 cm³/mol. The molecule has 0 saturated heterocycles. The minimum atomic E-state index is -0.323. The second-order valence-corrected chi connectivity index (χ2v) is 4.41. The second-order valence-electron chi connectivity index (χ2n) is 4.41. The lowest BCUT2D eigenvalue weighted by molar-refractivity contribution is 0.494. The molecule has 0 saturated carbocycles. The molecule has 2 aromatic rings. The van der Waals surface area contributed by atoms with Gasteiger partial charge in [-0.2, -0.15) is 5.10 Å². The summed E-state index contributed by atoms with van der Waals surface area (Å²) in [7, 11) is 1.86. The first-order valence-electron chi connectivity index (χ1n) is 6.38. The zero-order valence-electron chi connectivity index (χ0n) is 11.2. The van der Waals surface area contributed by atoms with Gasteiger partial charge in [-0.25, -0.2) is 9.37 Å². The normalized spacial score (nSPS) is 12.6. The average Bonchev–Trinajstić information content (AvgIpc) is 2.81. The molecule has 0 aliphatic carbocycles. The van der Waals surface area contributed by atoms with Crippen molar-refractivity contribution >= 4 is 0 Å². The Balaban J connectivity index is 2.15. The molecule has 2 aromatic heterocycles. The lowest BCUT2D eigenvalue weighted by Gasteiger charge is -2.17. The van der Waals surface area contributed by atoms with Gasteiger partial charge in [0.1, 0.15) is 18.0 Å². The SMILES string of the molecule is CCCNC(Cc1ncnn1C)c1ccc(F)cn1. The number of nitrogens with one attached hydrogen (secondary N) is 1. The van der Waals surface area contributed by atoms with Gasteiger partial charge in [-0.1, -0.05) is 6.92 Å². The quantitative estimate of drug-likeness (QED) is 0.860. The molecule has 0 amide bonds. The van der Waals surface area contributed by atoms with Gasteiger partial charge in [-0.3, -0.25) is 9.67 Å². The summed E-state index contributed by atoms with van der Waals surface area (Å²) >= 11 is 0. The molecule has 102 valence electrons. The molecule has 1 unspecified atom stereocenters. The van der Waals surface area contributed by atoms with Gasteiger partial charge in [0, 0.05) is 13.5 Å². The molecule has 1 atom stereocenters. The summed E-state index contributed by atoms with van der Waals surface area (Å²) in [5.74, 6) is 0.552. The summed E-state index contributed by atoms with van der Waals surface area (Å²) < 4.78 is 14.7. The Bertz CT molecular complexity index is 508. The molecule has 0 bridgehead atoms. The fourth-order valence-electron chi connectivity index (χ4n) is 1.88. The molecule has 2 rings (SSSR count). The van der Waals surface area contributed by atoms with Crippen molar-refractivity contribution in [1.82, 2.24) is 25.1 Å². The minimum Gasteiger partial charge on any atom is -0.308 e. The van der Waals surface area contributed by atoms with Crippen molar-refractivity contribution in [3.8, 4) is 0 Å². The van der Waals surface area contributed by atoms with E-state index in [2.05, 4.69) is 27.3 Å². The van der Waals surface area contributed by atoms with E-state index in [1.807, 2.05) is 7.05 Å². The van der Waals surface area contributed by atoms with Crippen LogP contribution in [0.5, 0.6) is 0 Å². The Morgan fingerprint density at radius 2 is 2.21 bits per heavy atom. The highest BCUT2D eigenvalue weighted by atomic mass is 19.1. The third-order valence-corrected chi connectivity index (χ3v) is 2.94. The first-order chi connectivity index (χ1) is 9.20. The van der Waals surface area contributed by atoms with Crippen molar-refractivity contribution in [2.75, 3.05) is 6.54 Å². The summed E-state index contributed by atoms with van der Waals surface area (Å²) in [6.45, 7) is 2.98. The number of hydrogen-bond acceptors (Lipinski definition) is 4. The standard InChI is InChI=1S/C13H18FN5/c1-3-6-15-12(7-13-17-9-18-19(13)2)11-5-4-10(14)8-16-11/h4-5,8-9,12,15H,3,6-7H2,1-2H3. The second kappa shape index (κ2) is 6.38. The van der Waals surface area contributed by atoms with Crippen molar-refractivity contribution in [1.29, 1.82) is 0 Å². The van der Waals surface area contributed by atoms with Gasteiger partial charge in [0.25, 0.3) is 0 Å². The van der Waals surface area contributed by atoms with Crippen molar-refractivity contribution < 1.29 is 4.39 Å². The molecule has 0 aliphatic rings. The number of aryl methyl sites for hydroxylation is 1. The highest BCUT2D eigenvalue weighted by molar-refractivity contribution is 5.11. The zero-order valence-corrected chi connectivity index (χ0v) is 11.2. The van der Waals surface area contributed by atoms with Crippen molar-refractivity contribution in [3.63, 3.8) is 0 Å². The van der Waals surface area contributed by atoms with Crippen LogP contribution in [-0.4, -0.2) is 26.3 Å². The summed E-state index contributed by atoms with van der Waals surface area (Å²) in [4.78, 5) is 8.36. The van der Waals surface area contributed by atoms with Gasteiger partial charge in [0.15, 0.2) is 0 Å². The maximum Gasteiger partial charge on any atom is 0.141 e. The summed E-state index contributed by atoms with van der Waals surface area (Å²) in [5, 5.41) is 7.46. The first kappa shape index (κ1) is 13.6. The number of rotatable bonds is 6. The third-order valence-electron chi connectivity index (χ3n) is 2.94. The monoisotopic (exact) mass is 263 g/mol. The van der Waals surface area contributed by atoms with E-state index >= 15 is 0 Å². The number of nitrogens with zero attached hydrogens (tertiary/aromatic N) is 4. The van der Waals surface area contributed by atoms with Gasteiger partial charge in [0.2, 0.25) is 0 Å². The van der Waals surface area contributed by atoms with Crippen LogP contribution in [0.4, 0.5) is 4.39 Å². The van der Waals surface area contributed by atoms with E-state index in [-0.39, 0.29) is 11.9 Å². The van der Waals surface area contributed by atoms with Gasteiger partial charge in [-0.05, 0) is 25.1 Å². The van der Waals surface area contributed by atoms with E-state index in [4.69, 9.17) is 0 Å². The Hall–Kier alpha value is -1.82. The molecule has 6 heteroatoms. The van der Waals surface area contributed by atoms with Crippen molar-refractivity contribution in [2.45, 2.75) is 25.8 Å². The van der Waals surface area contributed by atoms with Crippen LogP contribution < -0.4 is 5.32 Å². The molecule has 0 radical (unpaired) electrons. The molecular weight excluding hydrogens is 245 g/mol. The van der Waals surface area contributed by atoms with E-state index in [1.54, 1.807) is 10.7 Å². The van der Waals surface area contributed by atoms with Crippen LogP contribution in [0.3, 0.4) is 0 Å². The van der Waals surface area contributed by atoms with Crippen LogP contribution in [0.15, 0.2) is 24.7 Å². The first-order valence-corrected chi connectivity index (χ1v) is 6.38. The summed E-state index contributed by atoms with van der Waals surface area (Å²) in [6.07, 6.45) is 4.47. The molecular formula is C13H18FN5. The molecule has 0 spiro atoms. The van der Waals surface area contributed by atoms with E-state index in [0.717, 1.165) is 24.5 Å². The number of aromatic nitrogens is 4. The zero-order chi connectivity index (χ0) is 13.7. The molecule has 0 aromatic carbocycles. The van der Waals surface area contributed by atoms with Crippen LogP contribution in [0.2, 0.25) is 0 Å². The number of hydrogen-bond donors (Lipinski definition) is 1. The van der Waals surface area contributed by atoms with Gasteiger partial charge in [-0.15, -0.1) is 0 Å². The van der Waals surface area contributed by atoms with Gasteiger partial charge < -0.3 is 5.32 Å². The highest BCUT2D eigenvalue weighted by Gasteiger charge is 2.15. The van der Waals surface area contributed by atoms with Crippen LogP contribution in [0.25, 0.3) is 0 Å². The Labute approximate surface area is 111 Å². The van der Waals surface area contributed by atoms with E-state index in [9.17, 15) is 4.39 Å². The van der Waals surface area contributed by atoms with Crippen LogP contribution in [0, 0.1) is 5.82 Å². The van der Waals surface area contributed by atoms with Gasteiger partial charge in [0.05, 0.1) is 17.9 Å². The largest absolute Gasteiger partial charge is 0.308 e. The smallest absolute Gasteiger partial charge is 0.141 e. The van der Waals surface area contributed by atoms with E-state index in [0.29, 0.717) is 6.42 Å². The topological polar surface area (TPSA) is 55.6 Å². The number of halogens is 1. The van der Waals surface area contributed by atoms with Crippen LogP contribution >= 0.6 is 0 Å². The van der Waals surface area contributed by atoms with E-state index < -0.39 is 0 Å². The van der Waals surface area contributed by atoms with Crippen molar-refractivity contribution in [3.05, 3.63) is 42.0 Å². The minimum absolute atomic E-state index is 0.0171. The lowest BCUT2D eigenvalue weighted by atomic mass is 10.1. The molecule has 19 heavy (non-hydrogen) atoms. The maximum atomic E-state index is 12.9. The molecule has 2 heterocycles. The summed E-state index contributed by atoms with van der Waals surface area (Å²) in [6, 6.07) is 3.15. The molecule has 5 nitrogen and oxygen atoms in total. The molecule has 0 aliphatic heterocycles. The fourth-order valence-corrected chi connectivity index (χ4v) is 1.88. The van der Waals surface area contributed by atoms with E-state index in [1.165, 1.54) is 18.6 Å². The average molecular weight is 263 g/mol.